The minimum absolute atomic E-state index is 0.410. The fourth-order valence-electron chi connectivity index (χ4n) is 1.55. The highest BCUT2D eigenvalue weighted by Crippen LogP contribution is 2.38. The number of hydrogen-bond donors (Lipinski definition) is 0. The second-order valence-electron chi connectivity index (χ2n) is 3.36. The molecule has 0 N–H and O–H groups in total. The Labute approximate surface area is 96.8 Å². The Bertz CT molecular complexity index is 410. The average Bonchev–Trinajstić information content (AvgIpc) is 2.67. The molecule has 14 heavy (non-hydrogen) atoms. The van der Waals surface area contributed by atoms with Crippen LogP contribution in [0.4, 0.5) is 0 Å². The first-order chi connectivity index (χ1) is 6.70. The first-order valence-corrected chi connectivity index (χ1v) is 6.18. The normalized spacial score (nSPS) is 21.9. The third-order valence-corrected chi connectivity index (χ3v) is 4.20. The lowest BCUT2D eigenvalue weighted by atomic mass is 9.88. The molecule has 0 amide bonds. The maximum absolute atomic E-state index is 4.08. The van der Waals surface area contributed by atoms with E-state index in [9.17, 15) is 0 Å². The van der Waals surface area contributed by atoms with Gasteiger partial charge in [-0.15, -0.1) is 11.3 Å². The molecule has 1 aromatic heterocycles. The molecule has 0 bridgehead atoms. The van der Waals surface area contributed by atoms with Gasteiger partial charge < -0.3 is 0 Å². The van der Waals surface area contributed by atoms with Crippen LogP contribution in [0.2, 0.25) is 0 Å². The van der Waals surface area contributed by atoms with Crippen LogP contribution >= 0.6 is 27.3 Å². The zero-order valence-electron chi connectivity index (χ0n) is 7.96. The van der Waals surface area contributed by atoms with Gasteiger partial charge in [-0.05, 0) is 28.7 Å². The lowest BCUT2D eigenvalue weighted by molar-refractivity contribution is 0.912. The standard InChI is InChI=1S/C12H11BrS/c1-8-9(2)11(13)6-5-10(8)12-4-3-7-14-12/h3-8H,2H2,1H3. The number of rotatable bonds is 1. The summed E-state index contributed by atoms with van der Waals surface area (Å²) in [6.45, 7) is 6.28. The molecular formula is C12H11BrS. The first-order valence-electron chi connectivity index (χ1n) is 4.50. The highest BCUT2D eigenvalue weighted by molar-refractivity contribution is 9.12. The van der Waals surface area contributed by atoms with Crippen molar-refractivity contribution in [3.05, 3.63) is 51.2 Å². The molecule has 0 saturated carbocycles. The van der Waals surface area contributed by atoms with Gasteiger partial charge in [0.25, 0.3) is 0 Å². The van der Waals surface area contributed by atoms with Crippen molar-refractivity contribution in [2.45, 2.75) is 6.92 Å². The Hall–Kier alpha value is -0.600. The van der Waals surface area contributed by atoms with Crippen LogP contribution in [-0.4, -0.2) is 0 Å². The minimum Gasteiger partial charge on any atom is -0.144 e. The van der Waals surface area contributed by atoms with Crippen LogP contribution in [-0.2, 0) is 0 Å². The van der Waals surface area contributed by atoms with Crippen molar-refractivity contribution in [1.82, 2.24) is 0 Å². The largest absolute Gasteiger partial charge is 0.144 e. The smallest absolute Gasteiger partial charge is 0.0308 e. The Morgan fingerprint density at radius 1 is 1.43 bits per heavy atom. The second-order valence-corrected chi connectivity index (χ2v) is 5.16. The first kappa shape index (κ1) is 9.94. The minimum atomic E-state index is 0.410. The van der Waals surface area contributed by atoms with Gasteiger partial charge in [-0.3, -0.25) is 0 Å². The van der Waals surface area contributed by atoms with Crippen molar-refractivity contribution in [2.75, 3.05) is 0 Å². The predicted molar refractivity (Wildman–Crippen MR) is 67.6 cm³/mol. The number of thiophene rings is 1. The maximum Gasteiger partial charge on any atom is 0.0308 e. The zero-order valence-corrected chi connectivity index (χ0v) is 10.4. The van der Waals surface area contributed by atoms with Gasteiger partial charge in [0.05, 0.1) is 0 Å². The maximum atomic E-state index is 4.08. The molecule has 0 aromatic carbocycles. The lowest BCUT2D eigenvalue weighted by Crippen LogP contribution is -2.04. The van der Waals surface area contributed by atoms with E-state index in [2.05, 4.69) is 59.1 Å². The third kappa shape index (κ3) is 1.64. The predicted octanol–water partition coefficient (Wildman–Crippen LogP) is 4.62. The lowest BCUT2D eigenvalue weighted by Gasteiger charge is -2.20. The van der Waals surface area contributed by atoms with Crippen molar-refractivity contribution in [3.8, 4) is 0 Å². The van der Waals surface area contributed by atoms with E-state index in [-0.39, 0.29) is 0 Å². The molecule has 0 nitrogen and oxygen atoms in total. The number of allylic oxidation sites excluding steroid dienone is 5. The molecule has 0 fully saturated rings. The summed E-state index contributed by atoms with van der Waals surface area (Å²) in [6, 6.07) is 4.25. The molecule has 1 aliphatic carbocycles. The van der Waals surface area contributed by atoms with E-state index >= 15 is 0 Å². The van der Waals surface area contributed by atoms with Crippen LogP contribution in [0.1, 0.15) is 11.8 Å². The van der Waals surface area contributed by atoms with Crippen LogP contribution in [0, 0.1) is 5.92 Å². The summed E-state index contributed by atoms with van der Waals surface area (Å²) < 4.78 is 1.12. The van der Waals surface area contributed by atoms with Gasteiger partial charge in [-0.25, -0.2) is 0 Å². The summed E-state index contributed by atoms with van der Waals surface area (Å²) in [5.41, 5.74) is 2.53. The molecule has 0 radical (unpaired) electrons. The summed E-state index contributed by atoms with van der Waals surface area (Å²) in [5.74, 6) is 0.410. The number of halogens is 1. The van der Waals surface area contributed by atoms with Gasteiger partial charge >= 0.3 is 0 Å². The SMILES string of the molecule is C=C1C(Br)=CC=C(c2cccs2)C1C. The highest BCUT2D eigenvalue weighted by atomic mass is 79.9. The van der Waals surface area contributed by atoms with Gasteiger partial charge in [0.15, 0.2) is 0 Å². The molecule has 1 atom stereocenters. The molecule has 1 aliphatic rings. The van der Waals surface area contributed by atoms with Crippen LogP contribution in [0.5, 0.6) is 0 Å². The van der Waals surface area contributed by atoms with E-state index in [0.29, 0.717) is 5.92 Å². The van der Waals surface area contributed by atoms with E-state index < -0.39 is 0 Å². The Morgan fingerprint density at radius 2 is 2.21 bits per heavy atom. The summed E-state index contributed by atoms with van der Waals surface area (Å²) in [5, 5.41) is 2.11. The van der Waals surface area contributed by atoms with Gasteiger partial charge in [0, 0.05) is 15.3 Å². The van der Waals surface area contributed by atoms with Gasteiger partial charge in [0.2, 0.25) is 0 Å². The number of hydrogen-bond acceptors (Lipinski definition) is 1. The van der Waals surface area contributed by atoms with E-state index in [1.807, 2.05) is 0 Å². The van der Waals surface area contributed by atoms with Crippen molar-refractivity contribution >= 4 is 32.8 Å². The van der Waals surface area contributed by atoms with Crippen LogP contribution in [0.25, 0.3) is 5.57 Å². The topological polar surface area (TPSA) is 0 Å². The molecule has 0 spiro atoms. The van der Waals surface area contributed by atoms with Crippen LogP contribution < -0.4 is 0 Å². The van der Waals surface area contributed by atoms with E-state index in [1.54, 1.807) is 11.3 Å². The molecule has 1 heterocycles. The Balaban J connectivity index is 2.42. The van der Waals surface area contributed by atoms with Crippen LogP contribution in [0.15, 0.2) is 46.3 Å². The Kier molecular flexibility index (Phi) is 2.75. The molecule has 2 heteroatoms. The fourth-order valence-corrected chi connectivity index (χ4v) is 2.86. The molecule has 1 unspecified atom stereocenters. The molecule has 72 valence electrons. The van der Waals surface area contributed by atoms with E-state index in [1.165, 1.54) is 10.5 Å². The molecule has 1 aromatic rings. The van der Waals surface area contributed by atoms with Crippen molar-refractivity contribution < 1.29 is 0 Å². The van der Waals surface area contributed by atoms with E-state index in [0.717, 1.165) is 10.1 Å². The summed E-state index contributed by atoms with van der Waals surface area (Å²) in [6.07, 6.45) is 4.26. The summed E-state index contributed by atoms with van der Waals surface area (Å²) in [4.78, 5) is 1.34. The summed E-state index contributed by atoms with van der Waals surface area (Å²) in [7, 11) is 0. The quantitative estimate of drug-likeness (QED) is 0.696. The van der Waals surface area contributed by atoms with E-state index in [4.69, 9.17) is 0 Å². The molecule has 2 rings (SSSR count). The van der Waals surface area contributed by atoms with Crippen LogP contribution in [0.3, 0.4) is 0 Å². The van der Waals surface area contributed by atoms with Crippen molar-refractivity contribution in [3.63, 3.8) is 0 Å². The fraction of sp³-hybridized carbons (Fsp3) is 0.167. The molecule has 0 saturated heterocycles. The summed E-state index contributed by atoms with van der Waals surface area (Å²) >= 11 is 5.29. The monoisotopic (exact) mass is 266 g/mol. The molecule has 0 aliphatic heterocycles. The van der Waals surface area contributed by atoms with Gasteiger partial charge in [-0.2, -0.15) is 0 Å². The average molecular weight is 267 g/mol. The van der Waals surface area contributed by atoms with Gasteiger partial charge in [0.1, 0.15) is 0 Å². The highest BCUT2D eigenvalue weighted by Gasteiger charge is 2.19. The van der Waals surface area contributed by atoms with Crippen molar-refractivity contribution in [1.29, 1.82) is 0 Å². The third-order valence-electron chi connectivity index (χ3n) is 2.51. The zero-order chi connectivity index (χ0) is 10.1. The van der Waals surface area contributed by atoms with Crippen molar-refractivity contribution in [2.24, 2.45) is 5.92 Å². The molecular weight excluding hydrogens is 256 g/mol. The second kappa shape index (κ2) is 3.87. The van der Waals surface area contributed by atoms with Gasteiger partial charge in [-0.1, -0.05) is 41.6 Å². The Morgan fingerprint density at radius 3 is 2.86 bits per heavy atom.